The van der Waals surface area contributed by atoms with Crippen LogP contribution in [0.15, 0.2) is 168 Å². The lowest BCUT2D eigenvalue weighted by Gasteiger charge is -2.40. The molecule has 3 aliphatic carbocycles. The number of para-hydroxylation sites is 4. The van der Waals surface area contributed by atoms with Crippen molar-refractivity contribution in [1.29, 1.82) is 0 Å². The topological polar surface area (TPSA) is 19.6 Å². The number of nitrogens with zero attached hydrogens (tertiary/aromatic N) is 2. The van der Waals surface area contributed by atoms with E-state index in [1.165, 1.54) is 69.1 Å². The van der Waals surface area contributed by atoms with Crippen molar-refractivity contribution in [3.8, 4) is 0 Å². The third-order valence-corrected chi connectivity index (χ3v) is 12.7. The summed E-state index contributed by atoms with van der Waals surface area (Å²) in [4.78, 5) is 5.06. The molecule has 0 saturated heterocycles. The molecule has 7 aromatic carbocycles. The van der Waals surface area contributed by atoms with E-state index in [-0.39, 0.29) is 5.41 Å². The van der Waals surface area contributed by atoms with Gasteiger partial charge in [-0.2, -0.15) is 0 Å². The molecule has 3 atom stereocenters. The SMILES string of the molecule is Cc1ccccc1N(c1ccc2c(c1)oc1ccccc12)c1cccc2c1C13c4c(cccc4N(c4ccccc4)c4ccccc4)CC1CCC3C2. The molecule has 1 fully saturated rings. The first-order valence-electron chi connectivity index (χ1n) is 19.1. The second kappa shape index (κ2) is 11.7. The lowest BCUT2D eigenvalue weighted by Crippen LogP contribution is -2.34. The Hall–Kier alpha value is -6.06. The van der Waals surface area contributed by atoms with Crippen LogP contribution >= 0.6 is 0 Å². The Labute approximate surface area is 310 Å². The Bertz CT molecular complexity index is 2630. The van der Waals surface area contributed by atoms with E-state index in [4.69, 9.17) is 4.42 Å². The minimum atomic E-state index is -0.107. The molecule has 11 rings (SSSR count). The van der Waals surface area contributed by atoms with Gasteiger partial charge in [0.05, 0.1) is 11.4 Å². The highest BCUT2D eigenvalue weighted by molar-refractivity contribution is 6.06. The minimum absolute atomic E-state index is 0.107. The molecule has 1 saturated carbocycles. The average Bonchev–Trinajstić information content (AvgIpc) is 3.93. The van der Waals surface area contributed by atoms with Gasteiger partial charge >= 0.3 is 0 Å². The van der Waals surface area contributed by atoms with Crippen LogP contribution in [0.2, 0.25) is 0 Å². The summed E-state index contributed by atoms with van der Waals surface area (Å²) in [6, 6.07) is 60.2. The van der Waals surface area contributed by atoms with E-state index in [0.717, 1.165) is 40.5 Å². The number of hydrogen-bond donors (Lipinski definition) is 0. The fraction of sp³-hybridized carbons (Fsp3) is 0.160. The summed E-state index contributed by atoms with van der Waals surface area (Å²) in [5.41, 5.74) is 16.3. The summed E-state index contributed by atoms with van der Waals surface area (Å²) < 4.78 is 6.52. The molecular formula is C50H40N2O. The molecule has 0 bridgehead atoms. The Kier molecular flexibility index (Phi) is 6.76. The zero-order chi connectivity index (χ0) is 35.1. The van der Waals surface area contributed by atoms with E-state index >= 15 is 0 Å². The van der Waals surface area contributed by atoms with Gasteiger partial charge in [0.1, 0.15) is 11.2 Å². The third kappa shape index (κ3) is 4.40. The second-order valence-electron chi connectivity index (χ2n) is 15.3. The molecule has 0 radical (unpaired) electrons. The Morgan fingerprint density at radius 3 is 1.68 bits per heavy atom. The van der Waals surface area contributed by atoms with Crippen LogP contribution in [0.3, 0.4) is 0 Å². The summed E-state index contributed by atoms with van der Waals surface area (Å²) >= 11 is 0. The van der Waals surface area contributed by atoms with Crippen LogP contribution in [0.25, 0.3) is 21.9 Å². The quantitative estimate of drug-likeness (QED) is 0.174. The first-order chi connectivity index (χ1) is 26.2. The number of benzene rings is 7. The lowest BCUT2D eigenvalue weighted by molar-refractivity contribution is 0.350. The van der Waals surface area contributed by atoms with Crippen molar-refractivity contribution in [2.24, 2.45) is 11.8 Å². The smallest absolute Gasteiger partial charge is 0.137 e. The second-order valence-corrected chi connectivity index (χ2v) is 15.3. The third-order valence-electron chi connectivity index (χ3n) is 12.7. The molecule has 0 aliphatic heterocycles. The van der Waals surface area contributed by atoms with Gasteiger partial charge in [0.15, 0.2) is 0 Å². The van der Waals surface area contributed by atoms with Crippen LogP contribution in [-0.4, -0.2) is 0 Å². The maximum absolute atomic E-state index is 6.52. The summed E-state index contributed by atoms with van der Waals surface area (Å²) in [6.07, 6.45) is 4.71. The Morgan fingerprint density at radius 2 is 1.02 bits per heavy atom. The minimum Gasteiger partial charge on any atom is -0.456 e. The maximum Gasteiger partial charge on any atom is 0.137 e. The van der Waals surface area contributed by atoms with Gasteiger partial charge in [-0.05, 0) is 133 Å². The molecule has 3 heteroatoms. The van der Waals surface area contributed by atoms with Gasteiger partial charge in [0.25, 0.3) is 0 Å². The van der Waals surface area contributed by atoms with Gasteiger partial charge in [-0.25, -0.2) is 0 Å². The van der Waals surface area contributed by atoms with Gasteiger partial charge in [-0.3, -0.25) is 0 Å². The zero-order valence-electron chi connectivity index (χ0n) is 29.9. The highest BCUT2D eigenvalue weighted by atomic mass is 16.3. The summed E-state index contributed by atoms with van der Waals surface area (Å²) in [7, 11) is 0. The predicted molar refractivity (Wildman–Crippen MR) is 219 cm³/mol. The molecule has 0 amide bonds. The van der Waals surface area contributed by atoms with E-state index in [2.05, 4.69) is 181 Å². The molecule has 3 aliphatic rings. The Balaban J connectivity index is 1.18. The molecule has 3 nitrogen and oxygen atoms in total. The molecule has 1 spiro atoms. The number of hydrogen-bond acceptors (Lipinski definition) is 3. The largest absolute Gasteiger partial charge is 0.456 e. The number of furan rings is 1. The van der Waals surface area contributed by atoms with Crippen LogP contribution in [0.5, 0.6) is 0 Å². The van der Waals surface area contributed by atoms with Crippen LogP contribution in [0.4, 0.5) is 34.1 Å². The number of aryl methyl sites for hydroxylation is 1. The molecule has 3 unspecified atom stereocenters. The zero-order valence-corrected chi connectivity index (χ0v) is 29.9. The monoisotopic (exact) mass is 684 g/mol. The van der Waals surface area contributed by atoms with E-state index in [0.29, 0.717) is 11.8 Å². The molecule has 8 aromatic rings. The van der Waals surface area contributed by atoms with Crippen LogP contribution < -0.4 is 9.80 Å². The summed E-state index contributed by atoms with van der Waals surface area (Å²) in [5, 5.41) is 2.31. The number of rotatable bonds is 6. The van der Waals surface area contributed by atoms with Gasteiger partial charge < -0.3 is 14.2 Å². The van der Waals surface area contributed by atoms with Crippen molar-refractivity contribution in [2.75, 3.05) is 9.80 Å². The fourth-order valence-corrected chi connectivity index (χ4v) is 10.7. The van der Waals surface area contributed by atoms with E-state index in [1.54, 1.807) is 0 Å². The van der Waals surface area contributed by atoms with Crippen molar-refractivity contribution >= 4 is 56.1 Å². The predicted octanol–water partition coefficient (Wildman–Crippen LogP) is 13.3. The molecule has 1 aromatic heterocycles. The molecule has 53 heavy (non-hydrogen) atoms. The normalized spacial score (nSPS) is 19.6. The first-order valence-corrected chi connectivity index (χ1v) is 19.1. The van der Waals surface area contributed by atoms with Crippen LogP contribution in [0, 0.1) is 18.8 Å². The summed E-state index contributed by atoms with van der Waals surface area (Å²) in [5.74, 6) is 1.08. The first kappa shape index (κ1) is 30.6. The average molecular weight is 685 g/mol. The maximum atomic E-state index is 6.52. The highest BCUT2D eigenvalue weighted by Gasteiger charge is 2.62. The van der Waals surface area contributed by atoms with E-state index < -0.39 is 0 Å². The highest BCUT2D eigenvalue weighted by Crippen LogP contribution is 2.68. The van der Waals surface area contributed by atoms with E-state index in [9.17, 15) is 0 Å². The van der Waals surface area contributed by atoms with Crippen molar-refractivity contribution in [3.63, 3.8) is 0 Å². The van der Waals surface area contributed by atoms with Gasteiger partial charge in [-0.1, -0.05) is 97.1 Å². The standard InChI is InChI=1S/C50H40N2O/c1-33-14-8-10-22-43(33)52(40-28-29-42-41-21-9-11-25-46(41)53-47(42)32-40)45-24-13-16-35-31-37-27-26-36-30-34-15-12-23-44(48(34)50(36,37)49(35)45)51(38-17-4-2-5-18-38)39-19-6-3-7-20-39/h2-25,28-29,32,36-37H,26-27,30-31H2,1H3. The fourth-order valence-electron chi connectivity index (χ4n) is 10.7. The molecular weight excluding hydrogens is 645 g/mol. The number of anilines is 6. The van der Waals surface area contributed by atoms with Gasteiger partial charge in [0, 0.05) is 45.0 Å². The van der Waals surface area contributed by atoms with Crippen LogP contribution in [0.1, 0.15) is 40.7 Å². The van der Waals surface area contributed by atoms with Gasteiger partial charge in [0.2, 0.25) is 0 Å². The van der Waals surface area contributed by atoms with Crippen molar-refractivity contribution in [1.82, 2.24) is 0 Å². The van der Waals surface area contributed by atoms with E-state index in [1.807, 2.05) is 0 Å². The number of fused-ring (bicyclic) bond motifs is 5. The molecule has 1 heterocycles. The van der Waals surface area contributed by atoms with Gasteiger partial charge in [-0.15, -0.1) is 0 Å². The molecule has 0 N–H and O–H groups in total. The lowest BCUT2D eigenvalue weighted by atomic mass is 9.68. The Morgan fingerprint density at radius 1 is 0.472 bits per heavy atom. The van der Waals surface area contributed by atoms with Crippen molar-refractivity contribution in [3.05, 3.63) is 192 Å². The van der Waals surface area contributed by atoms with Crippen molar-refractivity contribution in [2.45, 2.75) is 38.0 Å². The van der Waals surface area contributed by atoms with Crippen LogP contribution in [-0.2, 0) is 18.3 Å². The van der Waals surface area contributed by atoms with Crippen molar-refractivity contribution < 1.29 is 4.42 Å². The molecule has 256 valence electrons. The summed E-state index contributed by atoms with van der Waals surface area (Å²) in [6.45, 7) is 2.24.